The molecule has 1 fully saturated rings. The van der Waals surface area contributed by atoms with E-state index in [2.05, 4.69) is 20.3 Å². The van der Waals surface area contributed by atoms with Gasteiger partial charge in [-0.3, -0.25) is 14.9 Å². The molecule has 28 heavy (non-hydrogen) atoms. The van der Waals surface area contributed by atoms with Crippen molar-refractivity contribution < 1.29 is 9.72 Å². The molecule has 9 heteroatoms. The molecule has 9 nitrogen and oxygen atoms in total. The first-order valence-electron chi connectivity index (χ1n) is 8.93. The number of pyridine rings is 1. The highest BCUT2D eigenvalue weighted by Gasteiger charge is 2.15. The highest BCUT2D eigenvalue weighted by Crippen LogP contribution is 2.20. The summed E-state index contributed by atoms with van der Waals surface area (Å²) in [5, 5.41) is 17.9. The molecule has 3 heterocycles. The number of nitrogens with one attached hydrogen (secondary N) is 1. The van der Waals surface area contributed by atoms with Gasteiger partial charge < -0.3 is 10.2 Å². The minimum absolute atomic E-state index is 0.0387. The van der Waals surface area contributed by atoms with Gasteiger partial charge in [0.05, 0.1) is 22.5 Å². The number of carbonyl (C=O) groups is 1. The molecular weight excluding hydrogens is 360 g/mol. The second kappa shape index (κ2) is 7.47. The third kappa shape index (κ3) is 3.68. The number of hydrogen-bond acceptors (Lipinski definition) is 6. The number of amides is 1. The molecule has 142 valence electrons. The van der Waals surface area contributed by atoms with Crippen molar-refractivity contribution in [2.75, 3.05) is 23.3 Å². The Morgan fingerprint density at radius 3 is 2.68 bits per heavy atom. The van der Waals surface area contributed by atoms with Crippen LogP contribution in [0.1, 0.15) is 23.3 Å². The SMILES string of the molecule is O=C(Nc1ccc(N2CCCC2)nc1)c1ccn(-c2cccc([N+](=O)[O-])c2)n1. The molecule has 0 saturated carbocycles. The number of aromatic nitrogens is 3. The van der Waals surface area contributed by atoms with E-state index in [9.17, 15) is 14.9 Å². The fraction of sp³-hybridized carbons (Fsp3) is 0.211. The lowest BCUT2D eigenvalue weighted by Gasteiger charge is -2.16. The zero-order valence-corrected chi connectivity index (χ0v) is 15.0. The van der Waals surface area contributed by atoms with Crippen molar-refractivity contribution in [3.05, 3.63) is 70.7 Å². The van der Waals surface area contributed by atoms with E-state index in [-0.39, 0.29) is 17.3 Å². The third-order valence-corrected chi connectivity index (χ3v) is 4.56. The first kappa shape index (κ1) is 17.7. The van der Waals surface area contributed by atoms with Crippen molar-refractivity contribution in [2.24, 2.45) is 0 Å². The summed E-state index contributed by atoms with van der Waals surface area (Å²) in [4.78, 5) is 29.5. The Kier molecular flexibility index (Phi) is 4.71. The van der Waals surface area contributed by atoms with Gasteiger partial charge in [-0.2, -0.15) is 5.10 Å². The Hall–Kier alpha value is -3.75. The Morgan fingerprint density at radius 1 is 1.14 bits per heavy atom. The molecular formula is C19H18N6O3. The number of nitro groups is 1. The maximum absolute atomic E-state index is 12.4. The number of anilines is 2. The van der Waals surface area contributed by atoms with Crippen molar-refractivity contribution >= 4 is 23.1 Å². The van der Waals surface area contributed by atoms with Gasteiger partial charge >= 0.3 is 0 Å². The van der Waals surface area contributed by atoms with Crippen LogP contribution in [0.3, 0.4) is 0 Å². The van der Waals surface area contributed by atoms with E-state index in [1.807, 2.05) is 12.1 Å². The Bertz CT molecular complexity index is 1010. The molecule has 1 aliphatic rings. The molecule has 4 rings (SSSR count). The number of nitro benzene ring substituents is 1. The zero-order valence-electron chi connectivity index (χ0n) is 15.0. The summed E-state index contributed by atoms with van der Waals surface area (Å²) in [5.41, 5.74) is 1.25. The highest BCUT2D eigenvalue weighted by atomic mass is 16.6. The van der Waals surface area contributed by atoms with E-state index in [0.717, 1.165) is 18.9 Å². The van der Waals surface area contributed by atoms with Crippen molar-refractivity contribution in [1.29, 1.82) is 0 Å². The van der Waals surface area contributed by atoms with E-state index < -0.39 is 4.92 Å². The normalized spacial score (nSPS) is 13.5. The van der Waals surface area contributed by atoms with Crippen molar-refractivity contribution in [3.8, 4) is 5.69 Å². The Labute approximate surface area is 160 Å². The third-order valence-electron chi connectivity index (χ3n) is 4.56. The van der Waals surface area contributed by atoms with Gasteiger partial charge in [0.15, 0.2) is 5.69 Å². The van der Waals surface area contributed by atoms with Crippen molar-refractivity contribution in [1.82, 2.24) is 14.8 Å². The van der Waals surface area contributed by atoms with Crippen LogP contribution >= 0.6 is 0 Å². The topological polar surface area (TPSA) is 106 Å². The van der Waals surface area contributed by atoms with Gasteiger partial charge in [0.25, 0.3) is 11.6 Å². The zero-order chi connectivity index (χ0) is 19.5. The molecule has 0 radical (unpaired) electrons. The van der Waals surface area contributed by atoms with Crippen LogP contribution in [-0.2, 0) is 0 Å². The minimum atomic E-state index is -0.473. The molecule has 0 atom stereocenters. The Morgan fingerprint density at radius 2 is 1.96 bits per heavy atom. The van der Waals surface area contributed by atoms with E-state index >= 15 is 0 Å². The molecule has 1 N–H and O–H groups in total. The predicted molar refractivity (Wildman–Crippen MR) is 104 cm³/mol. The predicted octanol–water partition coefficient (Wildman–Crippen LogP) is 3.03. The first-order chi connectivity index (χ1) is 13.6. The molecule has 2 aromatic heterocycles. The standard InChI is InChI=1S/C19H18N6O3/c26-19(21-14-6-7-18(20-13-14)23-9-1-2-10-23)17-8-11-24(22-17)15-4-3-5-16(12-15)25(27)28/h3-8,11-13H,1-2,9-10H2,(H,21,26). The number of rotatable bonds is 5. The quantitative estimate of drug-likeness (QED) is 0.540. The van der Waals surface area contributed by atoms with Gasteiger partial charge in [-0.15, -0.1) is 0 Å². The van der Waals surface area contributed by atoms with Gasteiger partial charge in [0.1, 0.15) is 5.82 Å². The lowest BCUT2D eigenvalue weighted by molar-refractivity contribution is -0.384. The molecule has 0 spiro atoms. The van der Waals surface area contributed by atoms with Crippen LogP contribution in [0.2, 0.25) is 0 Å². The van der Waals surface area contributed by atoms with Gasteiger partial charge in [-0.05, 0) is 37.1 Å². The fourth-order valence-corrected chi connectivity index (χ4v) is 3.13. The summed E-state index contributed by atoms with van der Waals surface area (Å²) >= 11 is 0. The summed E-state index contributed by atoms with van der Waals surface area (Å²) in [6.45, 7) is 2.02. The molecule has 3 aromatic rings. The summed E-state index contributed by atoms with van der Waals surface area (Å²) in [6.07, 6.45) is 5.56. The first-order valence-corrected chi connectivity index (χ1v) is 8.93. The number of carbonyl (C=O) groups excluding carboxylic acids is 1. The molecule has 1 saturated heterocycles. The molecule has 1 amide bonds. The van der Waals surface area contributed by atoms with E-state index in [1.165, 1.54) is 29.7 Å². The smallest absolute Gasteiger partial charge is 0.276 e. The van der Waals surface area contributed by atoms with Gasteiger partial charge in [0, 0.05) is 31.4 Å². The van der Waals surface area contributed by atoms with Crippen molar-refractivity contribution in [2.45, 2.75) is 12.8 Å². The van der Waals surface area contributed by atoms with Crippen LogP contribution in [0.15, 0.2) is 54.9 Å². The molecule has 1 aliphatic heterocycles. The average molecular weight is 378 g/mol. The molecule has 0 aliphatic carbocycles. The second-order valence-electron chi connectivity index (χ2n) is 6.48. The minimum Gasteiger partial charge on any atom is -0.357 e. The maximum Gasteiger partial charge on any atom is 0.276 e. The summed E-state index contributed by atoms with van der Waals surface area (Å²) in [5.74, 6) is 0.533. The van der Waals surface area contributed by atoms with Gasteiger partial charge in [-0.1, -0.05) is 6.07 Å². The van der Waals surface area contributed by atoms with Gasteiger partial charge in [-0.25, -0.2) is 9.67 Å². The average Bonchev–Trinajstić information content (AvgIpc) is 3.41. The lowest BCUT2D eigenvalue weighted by atomic mass is 10.3. The Balaban J connectivity index is 1.46. The number of non-ortho nitro benzene ring substituents is 1. The van der Waals surface area contributed by atoms with E-state index in [0.29, 0.717) is 11.4 Å². The molecule has 0 bridgehead atoms. The van der Waals surface area contributed by atoms with Gasteiger partial charge in [0.2, 0.25) is 0 Å². The highest BCUT2D eigenvalue weighted by molar-refractivity contribution is 6.02. The second-order valence-corrected chi connectivity index (χ2v) is 6.48. The largest absolute Gasteiger partial charge is 0.357 e. The summed E-state index contributed by atoms with van der Waals surface area (Å²) in [7, 11) is 0. The van der Waals surface area contributed by atoms with E-state index in [4.69, 9.17) is 0 Å². The maximum atomic E-state index is 12.4. The number of hydrogen-bond donors (Lipinski definition) is 1. The number of nitrogens with zero attached hydrogens (tertiary/aromatic N) is 5. The monoisotopic (exact) mass is 378 g/mol. The molecule has 0 unspecified atom stereocenters. The van der Waals surface area contributed by atoms with Crippen LogP contribution in [0.5, 0.6) is 0 Å². The summed E-state index contributed by atoms with van der Waals surface area (Å²) < 4.78 is 1.43. The fourth-order valence-electron chi connectivity index (χ4n) is 3.13. The van der Waals surface area contributed by atoms with Crippen LogP contribution in [0.4, 0.5) is 17.2 Å². The van der Waals surface area contributed by atoms with Crippen LogP contribution in [0, 0.1) is 10.1 Å². The van der Waals surface area contributed by atoms with Crippen LogP contribution in [-0.4, -0.2) is 38.7 Å². The van der Waals surface area contributed by atoms with Crippen LogP contribution < -0.4 is 10.2 Å². The molecule has 1 aromatic carbocycles. The number of benzene rings is 1. The van der Waals surface area contributed by atoms with E-state index in [1.54, 1.807) is 30.6 Å². The van der Waals surface area contributed by atoms with Crippen molar-refractivity contribution in [3.63, 3.8) is 0 Å². The summed E-state index contributed by atoms with van der Waals surface area (Å²) in [6, 6.07) is 11.3. The lowest BCUT2D eigenvalue weighted by Crippen LogP contribution is -2.19. The van der Waals surface area contributed by atoms with Crippen LogP contribution in [0.25, 0.3) is 5.69 Å².